The quantitative estimate of drug-likeness (QED) is 0.624. The molecule has 19 heavy (non-hydrogen) atoms. The molecular formula is C12H14ClN3O3. The molecular weight excluding hydrogens is 270 g/mol. The molecule has 1 aromatic heterocycles. The maximum atomic E-state index is 12.0. The van der Waals surface area contributed by atoms with Gasteiger partial charge in [0, 0.05) is 0 Å². The van der Waals surface area contributed by atoms with Crippen molar-refractivity contribution in [2.75, 3.05) is 7.11 Å². The topological polar surface area (TPSA) is 85.1 Å². The van der Waals surface area contributed by atoms with E-state index < -0.39 is 17.5 Å². The van der Waals surface area contributed by atoms with Gasteiger partial charge in [-0.15, -0.1) is 0 Å². The minimum Gasteiger partial charge on any atom is -0.492 e. The van der Waals surface area contributed by atoms with Crippen molar-refractivity contribution in [2.24, 2.45) is 0 Å². The number of hydrogen-bond acceptors (Lipinski definition) is 6. The Hall–Kier alpha value is -1.87. The van der Waals surface area contributed by atoms with Crippen molar-refractivity contribution in [1.29, 1.82) is 5.26 Å². The molecule has 1 unspecified atom stereocenters. The third-order valence-corrected chi connectivity index (χ3v) is 2.31. The van der Waals surface area contributed by atoms with Crippen molar-refractivity contribution in [2.45, 2.75) is 32.3 Å². The van der Waals surface area contributed by atoms with Gasteiger partial charge in [0.15, 0.2) is 16.8 Å². The summed E-state index contributed by atoms with van der Waals surface area (Å²) in [5.41, 5.74) is -0.602. The maximum absolute atomic E-state index is 12.0. The van der Waals surface area contributed by atoms with Crippen molar-refractivity contribution in [1.82, 2.24) is 9.97 Å². The first-order valence-corrected chi connectivity index (χ1v) is 5.84. The predicted octanol–water partition coefficient (Wildman–Crippen LogP) is 2.09. The molecule has 0 aliphatic rings. The normalized spacial score (nSPS) is 12.4. The number of carbonyl (C=O) groups excluding carboxylic acids is 1. The number of nitriles is 1. The van der Waals surface area contributed by atoms with Crippen molar-refractivity contribution in [3.05, 3.63) is 17.2 Å². The summed E-state index contributed by atoms with van der Waals surface area (Å²) in [7, 11) is 1.36. The number of aromatic nitrogens is 2. The van der Waals surface area contributed by atoms with E-state index in [0.29, 0.717) is 0 Å². The van der Waals surface area contributed by atoms with Gasteiger partial charge < -0.3 is 9.47 Å². The minimum absolute atomic E-state index is 0.0382. The van der Waals surface area contributed by atoms with Crippen molar-refractivity contribution < 1.29 is 14.3 Å². The Labute approximate surface area is 116 Å². The molecule has 7 heteroatoms. The summed E-state index contributed by atoms with van der Waals surface area (Å²) in [5.74, 6) is -1.82. The zero-order chi connectivity index (χ0) is 14.6. The molecule has 1 aromatic rings. The molecule has 0 saturated heterocycles. The van der Waals surface area contributed by atoms with E-state index in [1.54, 1.807) is 20.8 Å². The molecule has 102 valence electrons. The van der Waals surface area contributed by atoms with E-state index in [1.165, 1.54) is 7.11 Å². The van der Waals surface area contributed by atoms with Crippen LogP contribution in [-0.4, -0.2) is 28.6 Å². The summed E-state index contributed by atoms with van der Waals surface area (Å²) in [6.07, 6.45) is 1.16. The average molecular weight is 284 g/mol. The first-order valence-electron chi connectivity index (χ1n) is 5.47. The van der Waals surface area contributed by atoms with E-state index in [2.05, 4.69) is 9.97 Å². The number of nitrogens with zero attached hydrogens (tertiary/aromatic N) is 3. The van der Waals surface area contributed by atoms with Crippen LogP contribution in [0.5, 0.6) is 5.75 Å². The van der Waals surface area contributed by atoms with Gasteiger partial charge in [-0.3, -0.25) is 4.79 Å². The number of halogens is 1. The highest BCUT2D eigenvalue weighted by molar-refractivity contribution is 6.30. The third kappa shape index (κ3) is 3.80. The minimum atomic E-state index is -1.21. The van der Waals surface area contributed by atoms with E-state index in [-0.39, 0.29) is 16.6 Å². The number of hydrogen-bond donors (Lipinski definition) is 0. The number of methoxy groups -OCH3 is 1. The lowest BCUT2D eigenvalue weighted by Crippen LogP contribution is -2.28. The van der Waals surface area contributed by atoms with Crippen molar-refractivity contribution in [3.63, 3.8) is 0 Å². The molecule has 0 aliphatic heterocycles. The Morgan fingerprint density at radius 3 is 2.58 bits per heavy atom. The van der Waals surface area contributed by atoms with Gasteiger partial charge in [0.2, 0.25) is 0 Å². The van der Waals surface area contributed by atoms with Gasteiger partial charge in [0.1, 0.15) is 17.6 Å². The Kier molecular flexibility index (Phi) is 4.67. The fourth-order valence-corrected chi connectivity index (χ4v) is 1.56. The van der Waals surface area contributed by atoms with Crippen LogP contribution in [0.1, 0.15) is 32.4 Å². The fourth-order valence-electron chi connectivity index (χ4n) is 1.35. The highest BCUT2D eigenvalue weighted by Gasteiger charge is 2.31. The molecule has 0 spiro atoms. The van der Waals surface area contributed by atoms with E-state index in [0.717, 1.165) is 6.33 Å². The highest BCUT2D eigenvalue weighted by Crippen LogP contribution is 2.31. The molecule has 0 N–H and O–H groups in total. The van der Waals surface area contributed by atoms with Crippen molar-refractivity contribution >= 4 is 17.6 Å². The highest BCUT2D eigenvalue weighted by atomic mass is 35.5. The summed E-state index contributed by atoms with van der Waals surface area (Å²) in [5, 5.41) is 9.19. The van der Waals surface area contributed by atoms with E-state index in [4.69, 9.17) is 26.3 Å². The van der Waals surface area contributed by atoms with Crippen LogP contribution in [-0.2, 0) is 9.53 Å². The standard InChI is InChI=1S/C12H14ClN3O3/c1-12(2,3)19-11(17)7(5-14)8-9(18-4)10(13)16-6-15-8/h6-7H,1-4H3. The molecule has 0 aromatic carbocycles. The number of ether oxygens (including phenoxy) is 2. The van der Waals surface area contributed by atoms with Crippen LogP contribution in [0, 0.1) is 11.3 Å². The smallest absolute Gasteiger partial charge is 0.330 e. The van der Waals surface area contributed by atoms with Crippen LogP contribution < -0.4 is 4.74 Å². The molecule has 1 heterocycles. The Morgan fingerprint density at radius 2 is 2.11 bits per heavy atom. The van der Waals surface area contributed by atoms with Crippen LogP contribution in [0.2, 0.25) is 5.15 Å². The fraction of sp³-hybridized carbons (Fsp3) is 0.500. The molecule has 0 bridgehead atoms. The summed E-state index contributed by atoms with van der Waals surface area (Å²) in [6.45, 7) is 5.14. The average Bonchev–Trinajstić information content (AvgIpc) is 2.27. The molecule has 0 radical (unpaired) electrons. The summed E-state index contributed by atoms with van der Waals surface area (Å²) in [6, 6.07) is 1.84. The van der Waals surface area contributed by atoms with Gasteiger partial charge in [-0.2, -0.15) is 5.26 Å². The maximum Gasteiger partial charge on any atom is 0.330 e. The Bertz CT molecular complexity index is 520. The van der Waals surface area contributed by atoms with Gasteiger partial charge in [-0.1, -0.05) is 11.6 Å². The first-order chi connectivity index (χ1) is 8.80. The number of esters is 1. The van der Waals surface area contributed by atoms with Gasteiger partial charge >= 0.3 is 5.97 Å². The Morgan fingerprint density at radius 1 is 1.47 bits per heavy atom. The predicted molar refractivity (Wildman–Crippen MR) is 67.8 cm³/mol. The Balaban J connectivity index is 3.15. The van der Waals surface area contributed by atoms with Crippen LogP contribution in [0.15, 0.2) is 6.33 Å². The molecule has 0 amide bonds. The molecule has 0 aliphatic carbocycles. The van der Waals surface area contributed by atoms with Gasteiger partial charge in [-0.25, -0.2) is 9.97 Å². The molecule has 6 nitrogen and oxygen atoms in total. The van der Waals surface area contributed by atoms with E-state index >= 15 is 0 Å². The summed E-state index contributed by atoms with van der Waals surface area (Å²) < 4.78 is 10.2. The van der Waals surface area contributed by atoms with Crippen molar-refractivity contribution in [3.8, 4) is 11.8 Å². The zero-order valence-corrected chi connectivity index (χ0v) is 11.9. The number of rotatable bonds is 3. The lowest BCUT2D eigenvalue weighted by atomic mass is 10.1. The summed E-state index contributed by atoms with van der Waals surface area (Å²) >= 11 is 5.83. The lowest BCUT2D eigenvalue weighted by Gasteiger charge is -2.21. The second-order valence-corrected chi connectivity index (χ2v) is 5.04. The second-order valence-electron chi connectivity index (χ2n) is 4.68. The molecule has 1 rings (SSSR count). The van der Waals surface area contributed by atoms with E-state index in [1.807, 2.05) is 6.07 Å². The van der Waals surface area contributed by atoms with Crippen LogP contribution >= 0.6 is 11.6 Å². The lowest BCUT2D eigenvalue weighted by molar-refractivity contribution is -0.155. The zero-order valence-electron chi connectivity index (χ0n) is 11.1. The number of carbonyl (C=O) groups is 1. The SMILES string of the molecule is COc1c(Cl)ncnc1C(C#N)C(=O)OC(C)(C)C. The monoisotopic (exact) mass is 283 g/mol. The van der Waals surface area contributed by atoms with Crippen LogP contribution in [0.3, 0.4) is 0 Å². The molecule has 0 fully saturated rings. The van der Waals surface area contributed by atoms with Gasteiger partial charge in [-0.05, 0) is 20.8 Å². The largest absolute Gasteiger partial charge is 0.492 e. The van der Waals surface area contributed by atoms with Gasteiger partial charge in [0.25, 0.3) is 0 Å². The second kappa shape index (κ2) is 5.85. The summed E-state index contributed by atoms with van der Waals surface area (Å²) in [4.78, 5) is 19.6. The third-order valence-electron chi connectivity index (χ3n) is 2.04. The van der Waals surface area contributed by atoms with Crippen LogP contribution in [0.4, 0.5) is 0 Å². The molecule has 0 saturated carbocycles. The van der Waals surface area contributed by atoms with Crippen LogP contribution in [0.25, 0.3) is 0 Å². The van der Waals surface area contributed by atoms with Gasteiger partial charge in [0.05, 0.1) is 13.2 Å². The first kappa shape index (κ1) is 15.2. The van der Waals surface area contributed by atoms with E-state index in [9.17, 15) is 4.79 Å². The molecule has 1 atom stereocenters.